The first-order valence-electron chi connectivity index (χ1n) is 3.98. The van der Waals surface area contributed by atoms with Crippen LogP contribution in [0, 0.1) is 0 Å². The fourth-order valence-corrected chi connectivity index (χ4v) is 2.04. The lowest BCUT2D eigenvalue weighted by molar-refractivity contribution is 0.983. The van der Waals surface area contributed by atoms with E-state index in [0.717, 1.165) is 16.1 Å². The highest BCUT2D eigenvalue weighted by Crippen LogP contribution is 2.17. The van der Waals surface area contributed by atoms with Gasteiger partial charge in [-0.05, 0) is 6.26 Å². The number of aromatic nitrogens is 4. The van der Waals surface area contributed by atoms with Gasteiger partial charge in [0.05, 0.1) is 6.54 Å². The predicted octanol–water partition coefficient (Wildman–Crippen LogP) is 1.60. The summed E-state index contributed by atoms with van der Waals surface area (Å²) in [7, 11) is 0. The van der Waals surface area contributed by atoms with Crippen molar-refractivity contribution in [1.29, 1.82) is 0 Å². The summed E-state index contributed by atoms with van der Waals surface area (Å²) >= 11 is 2.90. The fraction of sp³-hybridized carbons (Fsp3) is 0.286. The molecule has 2 N–H and O–H groups in total. The standard InChI is InChI=1S/C7H9N5S2/c1-13-7-11-6(14-12-7)10-4-5-8-2-3-9-5/h2-3H,4H2,1H3,(H,8,9)(H,10,11,12). The van der Waals surface area contributed by atoms with E-state index in [1.807, 2.05) is 6.26 Å². The molecule has 0 radical (unpaired) electrons. The molecule has 0 aliphatic carbocycles. The zero-order valence-corrected chi connectivity index (χ0v) is 9.15. The van der Waals surface area contributed by atoms with Crippen LogP contribution in [0.4, 0.5) is 5.13 Å². The van der Waals surface area contributed by atoms with Crippen molar-refractivity contribution < 1.29 is 0 Å². The van der Waals surface area contributed by atoms with Gasteiger partial charge in [-0.25, -0.2) is 4.98 Å². The summed E-state index contributed by atoms with van der Waals surface area (Å²) < 4.78 is 4.14. The van der Waals surface area contributed by atoms with Gasteiger partial charge in [-0.2, -0.15) is 9.36 Å². The van der Waals surface area contributed by atoms with Gasteiger partial charge in [0.25, 0.3) is 0 Å². The van der Waals surface area contributed by atoms with E-state index in [1.54, 1.807) is 12.4 Å². The largest absolute Gasteiger partial charge is 0.353 e. The molecule has 2 heterocycles. The highest BCUT2D eigenvalue weighted by Gasteiger charge is 2.02. The van der Waals surface area contributed by atoms with E-state index in [-0.39, 0.29) is 0 Å². The molecule has 0 aliphatic heterocycles. The van der Waals surface area contributed by atoms with E-state index in [2.05, 4.69) is 24.6 Å². The second-order valence-electron chi connectivity index (χ2n) is 2.48. The Morgan fingerprint density at radius 2 is 2.57 bits per heavy atom. The predicted molar refractivity (Wildman–Crippen MR) is 57.6 cm³/mol. The van der Waals surface area contributed by atoms with Crippen molar-refractivity contribution in [2.45, 2.75) is 11.7 Å². The van der Waals surface area contributed by atoms with Crippen LogP contribution in [0.2, 0.25) is 0 Å². The maximum Gasteiger partial charge on any atom is 0.203 e. The van der Waals surface area contributed by atoms with E-state index in [4.69, 9.17) is 0 Å². The maximum absolute atomic E-state index is 4.25. The Morgan fingerprint density at radius 1 is 1.64 bits per heavy atom. The van der Waals surface area contributed by atoms with Gasteiger partial charge < -0.3 is 10.3 Å². The number of anilines is 1. The number of aromatic amines is 1. The summed E-state index contributed by atoms with van der Waals surface area (Å²) in [6, 6.07) is 0. The van der Waals surface area contributed by atoms with Crippen LogP contribution in [0.1, 0.15) is 5.82 Å². The first-order valence-corrected chi connectivity index (χ1v) is 5.98. The minimum Gasteiger partial charge on any atom is -0.353 e. The Bertz CT molecular complexity index is 382. The Hall–Kier alpha value is -1.08. The van der Waals surface area contributed by atoms with Gasteiger partial charge in [0.2, 0.25) is 10.3 Å². The number of imidazole rings is 1. The molecule has 74 valence electrons. The number of thioether (sulfide) groups is 1. The quantitative estimate of drug-likeness (QED) is 0.776. The van der Waals surface area contributed by atoms with Crippen molar-refractivity contribution in [2.24, 2.45) is 0 Å². The van der Waals surface area contributed by atoms with Crippen molar-refractivity contribution >= 4 is 28.4 Å². The molecular formula is C7H9N5S2. The molecule has 0 atom stereocenters. The van der Waals surface area contributed by atoms with Crippen LogP contribution >= 0.6 is 23.3 Å². The first kappa shape index (κ1) is 9.47. The van der Waals surface area contributed by atoms with E-state index in [0.29, 0.717) is 6.54 Å². The summed E-state index contributed by atoms with van der Waals surface area (Å²) in [5, 5.41) is 4.77. The van der Waals surface area contributed by atoms with Gasteiger partial charge in [-0.15, -0.1) is 0 Å². The number of nitrogens with one attached hydrogen (secondary N) is 2. The van der Waals surface area contributed by atoms with Gasteiger partial charge in [-0.3, -0.25) is 0 Å². The molecule has 5 nitrogen and oxygen atoms in total. The van der Waals surface area contributed by atoms with Crippen molar-refractivity contribution in [3.63, 3.8) is 0 Å². The number of hydrogen-bond acceptors (Lipinski definition) is 6. The molecule has 0 aliphatic rings. The Labute approximate surface area is 89.5 Å². The number of nitrogens with zero attached hydrogens (tertiary/aromatic N) is 3. The molecule has 0 unspecified atom stereocenters. The third-order valence-electron chi connectivity index (χ3n) is 1.55. The van der Waals surface area contributed by atoms with Gasteiger partial charge in [0.15, 0.2) is 0 Å². The number of rotatable bonds is 4. The minimum absolute atomic E-state index is 0.649. The van der Waals surface area contributed by atoms with E-state index >= 15 is 0 Å². The fourth-order valence-electron chi connectivity index (χ4n) is 0.919. The van der Waals surface area contributed by atoms with Crippen LogP contribution in [0.5, 0.6) is 0 Å². The van der Waals surface area contributed by atoms with Gasteiger partial charge in [-0.1, -0.05) is 11.8 Å². The van der Waals surface area contributed by atoms with Crippen LogP contribution in [-0.2, 0) is 6.54 Å². The van der Waals surface area contributed by atoms with Crippen LogP contribution in [0.15, 0.2) is 17.6 Å². The molecule has 7 heteroatoms. The third-order valence-corrected chi connectivity index (χ3v) is 2.89. The molecule has 2 aromatic heterocycles. The molecule has 2 aromatic rings. The average molecular weight is 227 g/mol. The zero-order chi connectivity index (χ0) is 9.80. The van der Waals surface area contributed by atoms with Crippen LogP contribution in [0.25, 0.3) is 0 Å². The molecule has 0 saturated carbocycles. The Morgan fingerprint density at radius 3 is 3.21 bits per heavy atom. The van der Waals surface area contributed by atoms with E-state index in [1.165, 1.54) is 23.3 Å². The summed E-state index contributed by atoms with van der Waals surface area (Å²) in [4.78, 5) is 11.3. The molecule has 0 amide bonds. The van der Waals surface area contributed by atoms with E-state index < -0.39 is 0 Å². The molecular weight excluding hydrogens is 218 g/mol. The normalized spacial score (nSPS) is 10.4. The highest BCUT2D eigenvalue weighted by molar-refractivity contribution is 7.98. The number of hydrogen-bond donors (Lipinski definition) is 2. The van der Waals surface area contributed by atoms with Gasteiger partial charge in [0, 0.05) is 23.9 Å². The van der Waals surface area contributed by atoms with Crippen molar-refractivity contribution in [3.8, 4) is 0 Å². The van der Waals surface area contributed by atoms with Crippen molar-refractivity contribution in [2.75, 3.05) is 11.6 Å². The molecule has 14 heavy (non-hydrogen) atoms. The smallest absolute Gasteiger partial charge is 0.203 e. The molecule has 0 saturated heterocycles. The van der Waals surface area contributed by atoms with E-state index in [9.17, 15) is 0 Å². The third kappa shape index (κ3) is 2.24. The molecule has 0 spiro atoms. The van der Waals surface area contributed by atoms with Crippen LogP contribution in [0.3, 0.4) is 0 Å². The SMILES string of the molecule is CSc1nsc(NCc2ncc[nH]2)n1. The lowest BCUT2D eigenvalue weighted by Gasteiger charge is -1.96. The second-order valence-corrected chi connectivity index (χ2v) is 4.00. The Balaban J connectivity index is 1.92. The zero-order valence-electron chi connectivity index (χ0n) is 7.52. The van der Waals surface area contributed by atoms with Crippen molar-refractivity contribution in [1.82, 2.24) is 19.3 Å². The van der Waals surface area contributed by atoms with Crippen LogP contribution in [-0.4, -0.2) is 25.6 Å². The molecule has 0 aromatic carbocycles. The van der Waals surface area contributed by atoms with Crippen molar-refractivity contribution in [3.05, 3.63) is 18.2 Å². The van der Waals surface area contributed by atoms with Crippen LogP contribution < -0.4 is 5.32 Å². The first-order chi connectivity index (χ1) is 6.88. The lowest BCUT2D eigenvalue weighted by Crippen LogP contribution is -2.00. The number of H-pyrrole nitrogens is 1. The van der Waals surface area contributed by atoms with Gasteiger partial charge in [0.1, 0.15) is 5.82 Å². The summed E-state index contributed by atoms with van der Waals surface area (Å²) in [5.41, 5.74) is 0. The summed E-state index contributed by atoms with van der Waals surface area (Å²) in [5.74, 6) is 0.894. The molecule has 0 bridgehead atoms. The average Bonchev–Trinajstić information content (AvgIpc) is 2.86. The molecule has 0 fully saturated rings. The summed E-state index contributed by atoms with van der Waals surface area (Å²) in [6.45, 7) is 0.649. The second kappa shape index (κ2) is 4.43. The Kier molecular flexibility index (Phi) is 3.00. The van der Waals surface area contributed by atoms with Gasteiger partial charge >= 0.3 is 0 Å². The molecule has 2 rings (SSSR count). The maximum atomic E-state index is 4.25. The highest BCUT2D eigenvalue weighted by atomic mass is 32.2. The summed E-state index contributed by atoms with van der Waals surface area (Å²) in [6.07, 6.45) is 5.48. The minimum atomic E-state index is 0.649. The topological polar surface area (TPSA) is 66.5 Å². The lowest BCUT2D eigenvalue weighted by atomic mass is 10.6. The monoisotopic (exact) mass is 227 g/mol.